The Hall–Kier alpha value is -0.180. The molecule has 1 atom stereocenters. The van der Waals surface area contributed by atoms with Gasteiger partial charge in [0.1, 0.15) is 6.54 Å². The Morgan fingerprint density at radius 3 is 2.52 bits per heavy atom. The van der Waals surface area contributed by atoms with E-state index in [2.05, 4.69) is 35.7 Å². The molecule has 0 saturated heterocycles. The summed E-state index contributed by atoms with van der Waals surface area (Å²) in [7, 11) is 3.50. The second-order valence-corrected chi connectivity index (χ2v) is 6.75. The molecule has 7 heteroatoms. The summed E-state index contributed by atoms with van der Waals surface area (Å²) in [5.41, 5.74) is 0. The second-order valence-electron chi connectivity index (χ2n) is 5.77. The Kier molecular flexibility index (Phi) is 18.2. The molecule has 2 N–H and O–H groups in total. The summed E-state index contributed by atoms with van der Waals surface area (Å²) in [5.74, 6) is 1.78. The number of thioether (sulfide) groups is 1. The van der Waals surface area contributed by atoms with E-state index in [4.69, 9.17) is 0 Å². The first-order chi connectivity index (χ1) is 10.5. The van der Waals surface area contributed by atoms with E-state index in [9.17, 15) is 4.79 Å². The van der Waals surface area contributed by atoms with Crippen LogP contribution in [0.5, 0.6) is 0 Å². The summed E-state index contributed by atoms with van der Waals surface area (Å²) in [4.78, 5) is 17.6. The number of carbonyl (C=O) groups is 1. The van der Waals surface area contributed by atoms with E-state index in [0.717, 1.165) is 24.7 Å². The molecule has 0 aromatic rings. The fourth-order valence-corrected chi connectivity index (χ4v) is 2.20. The van der Waals surface area contributed by atoms with Gasteiger partial charge in [0.05, 0.1) is 0 Å². The van der Waals surface area contributed by atoms with Crippen LogP contribution in [0.4, 0.5) is 0 Å². The van der Waals surface area contributed by atoms with E-state index in [0.29, 0.717) is 6.04 Å². The third kappa shape index (κ3) is 15.1. The van der Waals surface area contributed by atoms with Crippen LogP contribution < -0.4 is 10.6 Å². The second kappa shape index (κ2) is 16.7. The summed E-state index contributed by atoms with van der Waals surface area (Å²) in [5, 5.41) is 6.70. The largest absolute Gasteiger partial charge is 0.356 e. The van der Waals surface area contributed by atoms with Crippen LogP contribution in [0.1, 0.15) is 46.0 Å². The Morgan fingerprint density at radius 2 is 1.96 bits per heavy atom. The molecule has 0 rings (SSSR count). The first kappa shape index (κ1) is 25.1. The fourth-order valence-electron chi connectivity index (χ4n) is 1.90. The molecule has 0 spiro atoms. The highest BCUT2D eigenvalue weighted by Crippen LogP contribution is 2.05. The van der Waals surface area contributed by atoms with Crippen LogP contribution in [0, 0.1) is 0 Å². The van der Waals surface area contributed by atoms with Crippen LogP contribution in [-0.4, -0.2) is 62.0 Å². The number of nitrogens with zero attached hydrogens (tertiary/aromatic N) is 2. The molecular formula is C16H35IN4OS. The monoisotopic (exact) mass is 458 g/mol. The van der Waals surface area contributed by atoms with Gasteiger partial charge in [0.15, 0.2) is 5.96 Å². The molecule has 0 bridgehead atoms. The number of amides is 1. The van der Waals surface area contributed by atoms with Crippen LogP contribution in [0.25, 0.3) is 0 Å². The number of hydrogen-bond donors (Lipinski definition) is 2. The van der Waals surface area contributed by atoms with Crippen molar-refractivity contribution < 1.29 is 4.79 Å². The Bertz CT molecular complexity index is 327. The Labute approximate surface area is 163 Å². The third-order valence-corrected chi connectivity index (χ3v) is 3.96. The lowest BCUT2D eigenvalue weighted by atomic mass is 10.1. The van der Waals surface area contributed by atoms with E-state index in [1.165, 1.54) is 25.7 Å². The lowest BCUT2D eigenvalue weighted by molar-refractivity contribution is -0.127. The maximum Gasteiger partial charge on any atom is 0.243 e. The van der Waals surface area contributed by atoms with Crippen LogP contribution >= 0.6 is 35.7 Å². The van der Waals surface area contributed by atoms with Gasteiger partial charge in [-0.25, -0.2) is 4.99 Å². The zero-order valence-electron chi connectivity index (χ0n) is 15.4. The van der Waals surface area contributed by atoms with E-state index in [1.54, 1.807) is 30.8 Å². The van der Waals surface area contributed by atoms with Crippen molar-refractivity contribution in [1.82, 2.24) is 15.5 Å². The van der Waals surface area contributed by atoms with Gasteiger partial charge in [-0.2, -0.15) is 11.8 Å². The third-order valence-electron chi connectivity index (χ3n) is 3.34. The maximum absolute atomic E-state index is 11.7. The lowest BCUT2D eigenvalue weighted by Crippen LogP contribution is -2.43. The van der Waals surface area contributed by atoms with Crippen molar-refractivity contribution in [2.75, 3.05) is 39.2 Å². The lowest BCUT2D eigenvalue weighted by Gasteiger charge is -2.18. The molecule has 23 heavy (non-hydrogen) atoms. The van der Waals surface area contributed by atoms with E-state index in [-0.39, 0.29) is 36.4 Å². The first-order valence-electron chi connectivity index (χ1n) is 8.25. The highest BCUT2D eigenvalue weighted by Gasteiger charge is 2.07. The van der Waals surface area contributed by atoms with Gasteiger partial charge in [0, 0.05) is 32.4 Å². The molecule has 0 radical (unpaired) electrons. The van der Waals surface area contributed by atoms with Crippen LogP contribution in [-0.2, 0) is 4.79 Å². The van der Waals surface area contributed by atoms with Crippen molar-refractivity contribution in [1.29, 1.82) is 0 Å². The van der Waals surface area contributed by atoms with Crippen molar-refractivity contribution in [3.63, 3.8) is 0 Å². The van der Waals surface area contributed by atoms with Gasteiger partial charge in [0.25, 0.3) is 0 Å². The minimum atomic E-state index is 0. The molecule has 0 aliphatic carbocycles. The number of rotatable bonds is 11. The zero-order valence-corrected chi connectivity index (χ0v) is 18.5. The Morgan fingerprint density at radius 1 is 1.26 bits per heavy atom. The topological polar surface area (TPSA) is 56.7 Å². The van der Waals surface area contributed by atoms with Crippen molar-refractivity contribution >= 4 is 47.6 Å². The van der Waals surface area contributed by atoms with Gasteiger partial charge in [-0.15, -0.1) is 24.0 Å². The van der Waals surface area contributed by atoms with E-state index in [1.807, 2.05) is 0 Å². The number of guanidine groups is 1. The van der Waals surface area contributed by atoms with Gasteiger partial charge < -0.3 is 15.5 Å². The van der Waals surface area contributed by atoms with Crippen LogP contribution in [0.15, 0.2) is 4.99 Å². The molecule has 1 unspecified atom stereocenters. The van der Waals surface area contributed by atoms with Gasteiger partial charge in [0.2, 0.25) is 5.91 Å². The molecule has 5 nitrogen and oxygen atoms in total. The van der Waals surface area contributed by atoms with Crippen LogP contribution in [0.2, 0.25) is 0 Å². The molecule has 138 valence electrons. The van der Waals surface area contributed by atoms with Crippen molar-refractivity contribution in [2.24, 2.45) is 4.99 Å². The summed E-state index contributed by atoms with van der Waals surface area (Å²) in [6.07, 6.45) is 8.29. The number of unbranched alkanes of at least 4 members (excludes halogenated alkanes) is 3. The summed E-state index contributed by atoms with van der Waals surface area (Å²) in [6, 6.07) is 0.367. The number of hydrogen-bond acceptors (Lipinski definition) is 3. The highest BCUT2D eigenvalue weighted by molar-refractivity contribution is 14.0. The zero-order chi connectivity index (χ0) is 16.8. The smallest absolute Gasteiger partial charge is 0.243 e. The van der Waals surface area contributed by atoms with Gasteiger partial charge >= 0.3 is 0 Å². The minimum absolute atomic E-state index is 0. The predicted octanol–water partition coefficient (Wildman–Crippen LogP) is 2.95. The average Bonchev–Trinajstić information content (AvgIpc) is 2.48. The predicted molar refractivity (Wildman–Crippen MR) is 114 cm³/mol. The number of carbonyl (C=O) groups excluding carboxylic acids is 1. The highest BCUT2D eigenvalue weighted by atomic mass is 127. The normalized spacial score (nSPS) is 12.3. The minimum Gasteiger partial charge on any atom is -0.356 e. The molecule has 0 heterocycles. The summed E-state index contributed by atoms with van der Waals surface area (Å²) >= 11 is 1.79. The average molecular weight is 458 g/mol. The molecule has 0 aromatic heterocycles. The van der Waals surface area contributed by atoms with Gasteiger partial charge in [-0.1, -0.05) is 32.6 Å². The SMILES string of the molecule is CCCCCCC(C)NC(=NCC(=O)N(C)C)NCCSC.I. The quantitative estimate of drug-likeness (QED) is 0.216. The molecule has 0 aliphatic heterocycles. The van der Waals surface area contributed by atoms with E-state index < -0.39 is 0 Å². The molecular weight excluding hydrogens is 423 g/mol. The molecule has 1 amide bonds. The van der Waals surface area contributed by atoms with Gasteiger partial charge in [-0.05, 0) is 19.6 Å². The van der Waals surface area contributed by atoms with E-state index >= 15 is 0 Å². The van der Waals surface area contributed by atoms with Crippen molar-refractivity contribution in [3.05, 3.63) is 0 Å². The van der Waals surface area contributed by atoms with Crippen molar-refractivity contribution in [3.8, 4) is 0 Å². The summed E-state index contributed by atoms with van der Waals surface area (Å²) < 4.78 is 0. The first-order valence-corrected chi connectivity index (χ1v) is 9.64. The molecule has 0 aromatic carbocycles. The Balaban J connectivity index is 0. The molecule has 0 fully saturated rings. The standard InChI is InChI=1S/C16H34N4OS.HI/c1-6-7-8-9-10-14(2)19-16(17-11-12-22-5)18-13-15(21)20(3)4;/h14H,6-13H2,1-5H3,(H2,17,18,19);1H. The number of likely N-dealkylation sites (N-methyl/N-ethyl adjacent to an activating group) is 1. The van der Waals surface area contributed by atoms with Crippen LogP contribution in [0.3, 0.4) is 0 Å². The summed E-state index contributed by atoms with van der Waals surface area (Å²) in [6.45, 7) is 5.44. The maximum atomic E-state index is 11.7. The molecule has 0 aliphatic rings. The van der Waals surface area contributed by atoms with Gasteiger partial charge in [-0.3, -0.25) is 4.79 Å². The molecule has 0 saturated carbocycles. The number of nitrogens with one attached hydrogen (secondary N) is 2. The number of aliphatic imine (C=N–C) groups is 1. The fraction of sp³-hybridized carbons (Fsp3) is 0.875. The number of halogens is 1. The van der Waals surface area contributed by atoms with Crippen molar-refractivity contribution in [2.45, 2.75) is 52.0 Å².